The Bertz CT molecular complexity index is 425. The average Bonchev–Trinajstić information content (AvgIpc) is 2.30. The van der Waals surface area contributed by atoms with Gasteiger partial charge in [-0.05, 0) is 36.8 Å². The lowest BCUT2D eigenvalue weighted by atomic mass is 10.2. The van der Waals surface area contributed by atoms with E-state index in [0.717, 1.165) is 24.9 Å². The van der Waals surface area contributed by atoms with E-state index in [1.807, 2.05) is 18.2 Å². The van der Waals surface area contributed by atoms with E-state index in [9.17, 15) is 4.79 Å². The molecule has 0 heterocycles. The summed E-state index contributed by atoms with van der Waals surface area (Å²) in [5, 5.41) is 5.14. The molecule has 0 saturated carbocycles. The van der Waals surface area contributed by atoms with Crippen LogP contribution in [0, 0.1) is 0 Å². The van der Waals surface area contributed by atoms with E-state index in [2.05, 4.69) is 34.6 Å². The Labute approximate surface area is 107 Å². The lowest BCUT2D eigenvalue weighted by Gasteiger charge is -2.05. The van der Waals surface area contributed by atoms with Crippen molar-refractivity contribution < 1.29 is 4.79 Å². The SMILES string of the molecule is CCCCCC(=O)Nc1cccc(N=C=S)c1. The number of hydrogen-bond acceptors (Lipinski definition) is 3. The quantitative estimate of drug-likeness (QED) is 0.470. The predicted molar refractivity (Wildman–Crippen MR) is 73.9 cm³/mol. The van der Waals surface area contributed by atoms with E-state index in [1.165, 1.54) is 0 Å². The van der Waals surface area contributed by atoms with Crippen LogP contribution in [0.2, 0.25) is 0 Å². The number of unbranched alkanes of at least 4 members (excludes halogenated alkanes) is 2. The van der Waals surface area contributed by atoms with Crippen LogP contribution < -0.4 is 5.32 Å². The second-order valence-electron chi connectivity index (χ2n) is 3.76. The lowest BCUT2D eigenvalue weighted by molar-refractivity contribution is -0.116. The van der Waals surface area contributed by atoms with Gasteiger partial charge < -0.3 is 5.32 Å². The molecule has 0 bridgehead atoms. The smallest absolute Gasteiger partial charge is 0.224 e. The third-order valence-corrected chi connectivity index (χ3v) is 2.40. The number of isothiocyanates is 1. The first kappa shape index (κ1) is 13.6. The van der Waals surface area contributed by atoms with Crippen LogP contribution >= 0.6 is 12.2 Å². The van der Waals surface area contributed by atoms with Gasteiger partial charge in [0.05, 0.1) is 10.8 Å². The molecular weight excluding hydrogens is 232 g/mol. The summed E-state index contributed by atoms with van der Waals surface area (Å²) in [6.07, 6.45) is 3.70. The molecule has 17 heavy (non-hydrogen) atoms. The Morgan fingerprint density at radius 2 is 2.29 bits per heavy atom. The summed E-state index contributed by atoms with van der Waals surface area (Å²) < 4.78 is 0. The van der Waals surface area contributed by atoms with Gasteiger partial charge in [0.25, 0.3) is 0 Å². The van der Waals surface area contributed by atoms with Gasteiger partial charge in [-0.15, -0.1) is 0 Å². The summed E-state index contributed by atoms with van der Waals surface area (Å²) in [7, 11) is 0. The number of aliphatic imine (C=N–C) groups is 1. The van der Waals surface area contributed by atoms with Gasteiger partial charge in [-0.3, -0.25) is 4.79 Å². The van der Waals surface area contributed by atoms with Crippen molar-refractivity contribution in [3.63, 3.8) is 0 Å². The van der Waals surface area contributed by atoms with E-state index >= 15 is 0 Å². The van der Waals surface area contributed by atoms with Gasteiger partial charge in [-0.2, -0.15) is 4.99 Å². The molecular formula is C13H16N2OS. The zero-order chi connectivity index (χ0) is 12.5. The molecule has 0 spiro atoms. The molecule has 4 heteroatoms. The minimum Gasteiger partial charge on any atom is -0.326 e. The maximum absolute atomic E-state index is 11.6. The summed E-state index contributed by atoms with van der Waals surface area (Å²) in [4.78, 5) is 15.4. The Balaban J connectivity index is 2.53. The molecule has 1 N–H and O–H groups in total. The number of thiocarbonyl (C=S) groups is 1. The third kappa shape index (κ3) is 5.38. The lowest BCUT2D eigenvalue weighted by Crippen LogP contribution is -2.10. The van der Waals surface area contributed by atoms with Crippen LogP contribution in [-0.4, -0.2) is 11.1 Å². The number of benzene rings is 1. The molecule has 0 radical (unpaired) electrons. The van der Waals surface area contributed by atoms with Crippen LogP contribution in [0.4, 0.5) is 11.4 Å². The number of anilines is 1. The number of rotatable bonds is 6. The van der Waals surface area contributed by atoms with E-state index in [1.54, 1.807) is 6.07 Å². The first-order valence-electron chi connectivity index (χ1n) is 5.74. The average molecular weight is 248 g/mol. The van der Waals surface area contributed by atoms with Gasteiger partial charge in [0, 0.05) is 12.1 Å². The topological polar surface area (TPSA) is 41.5 Å². The number of nitrogens with zero attached hydrogens (tertiary/aromatic N) is 1. The second-order valence-corrected chi connectivity index (χ2v) is 3.94. The highest BCUT2D eigenvalue weighted by molar-refractivity contribution is 7.78. The van der Waals surface area contributed by atoms with E-state index in [-0.39, 0.29) is 5.91 Å². The Morgan fingerprint density at radius 3 is 3.00 bits per heavy atom. The monoisotopic (exact) mass is 248 g/mol. The zero-order valence-corrected chi connectivity index (χ0v) is 10.7. The Hall–Kier alpha value is -1.51. The molecule has 1 amide bonds. The number of carbonyl (C=O) groups excluding carboxylic acids is 1. The summed E-state index contributed by atoms with van der Waals surface area (Å²) >= 11 is 4.53. The first-order valence-corrected chi connectivity index (χ1v) is 6.15. The van der Waals surface area contributed by atoms with Crippen molar-refractivity contribution in [3.05, 3.63) is 24.3 Å². The van der Waals surface area contributed by atoms with Crippen molar-refractivity contribution in [3.8, 4) is 0 Å². The zero-order valence-electron chi connectivity index (χ0n) is 9.90. The molecule has 0 aliphatic rings. The van der Waals surface area contributed by atoms with Gasteiger partial charge in [0.2, 0.25) is 5.91 Å². The predicted octanol–water partition coefficient (Wildman–Crippen LogP) is 3.94. The van der Waals surface area contributed by atoms with Gasteiger partial charge in [0.1, 0.15) is 0 Å². The fourth-order valence-electron chi connectivity index (χ4n) is 1.46. The van der Waals surface area contributed by atoms with Crippen molar-refractivity contribution in [1.29, 1.82) is 0 Å². The fourth-order valence-corrected chi connectivity index (χ4v) is 1.57. The highest BCUT2D eigenvalue weighted by Gasteiger charge is 2.02. The van der Waals surface area contributed by atoms with Gasteiger partial charge in [-0.25, -0.2) is 0 Å². The van der Waals surface area contributed by atoms with E-state index in [4.69, 9.17) is 0 Å². The number of hydrogen-bond donors (Lipinski definition) is 1. The molecule has 0 aliphatic heterocycles. The minimum atomic E-state index is 0.0435. The molecule has 0 unspecified atom stereocenters. The molecule has 0 saturated heterocycles. The molecule has 0 aromatic heterocycles. The summed E-state index contributed by atoms with van der Waals surface area (Å²) in [5.41, 5.74) is 1.45. The molecule has 1 rings (SSSR count). The van der Waals surface area contributed by atoms with Crippen LogP contribution in [0.1, 0.15) is 32.6 Å². The standard InChI is InChI=1S/C13H16N2OS/c1-2-3-4-8-13(16)15-12-7-5-6-11(9-12)14-10-17/h5-7,9H,2-4,8H2,1H3,(H,15,16). The van der Waals surface area contributed by atoms with Crippen molar-refractivity contribution >= 4 is 34.7 Å². The Morgan fingerprint density at radius 1 is 1.47 bits per heavy atom. The summed E-state index contributed by atoms with van der Waals surface area (Å²) in [5.74, 6) is 0.0435. The van der Waals surface area contributed by atoms with E-state index < -0.39 is 0 Å². The van der Waals surface area contributed by atoms with Crippen LogP contribution in [0.15, 0.2) is 29.3 Å². The van der Waals surface area contributed by atoms with Crippen LogP contribution in [0.5, 0.6) is 0 Å². The van der Waals surface area contributed by atoms with Gasteiger partial charge in [0.15, 0.2) is 0 Å². The van der Waals surface area contributed by atoms with Crippen molar-refractivity contribution in [1.82, 2.24) is 0 Å². The maximum atomic E-state index is 11.6. The molecule has 0 fully saturated rings. The first-order chi connectivity index (χ1) is 8.26. The van der Waals surface area contributed by atoms with Crippen molar-refractivity contribution in [2.45, 2.75) is 32.6 Å². The highest BCUT2D eigenvalue weighted by Crippen LogP contribution is 2.17. The Kier molecular flexibility index (Phi) is 6.15. The largest absolute Gasteiger partial charge is 0.326 e. The van der Waals surface area contributed by atoms with Crippen molar-refractivity contribution in [2.24, 2.45) is 4.99 Å². The second kappa shape index (κ2) is 7.71. The highest BCUT2D eigenvalue weighted by atomic mass is 32.1. The van der Waals surface area contributed by atoms with Crippen LogP contribution in [0.3, 0.4) is 0 Å². The molecule has 1 aromatic rings. The minimum absolute atomic E-state index is 0.0435. The van der Waals surface area contributed by atoms with Gasteiger partial charge in [-0.1, -0.05) is 25.8 Å². The van der Waals surface area contributed by atoms with Crippen LogP contribution in [-0.2, 0) is 4.79 Å². The third-order valence-electron chi connectivity index (χ3n) is 2.31. The van der Waals surface area contributed by atoms with Gasteiger partial charge >= 0.3 is 0 Å². The molecule has 3 nitrogen and oxygen atoms in total. The van der Waals surface area contributed by atoms with Crippen LogP contribution in [0.25, 0.3) is 0 Å². The number of nitrogens with one attached hydrogen (secondary N) is 1. The molecule has 90 valence electrons. The van der Waals surface area contributed by atoms with Crippen molar-refractivity contribution in [2.75, 3.05) is 5.32 Å². The maximum Gasteiger partial charge on any atom is 0.224 e. The summed E-state index contributed by atoms with van der Waals surface area (Å²) in [6, 6.07) is 7.25. The number of carbonyl (C=O) groups is 1. The normalized spacial score (nSPS) is 9.47. The molecule has 0 aliphatic carbocycles. The molecule has 0 atom stereocenters. The van der Waals surface area contributed by atoms with E-state index in [0.29, 0.717) is 12.1 Å². The number of amides is 1. The molecule has 1 aromatic carbocycles. The summed E-state index contributed by atoms with van der Waals surface area (Å²) in [6.45, 7) is 2.12. The fraction of sp³-hybridized carbons (Fsp3) is 0.385.